The van der Waals surface area contributed by atoms with Crippen LogP contribution in [0.2, 0.25) is 0 Å². The minimum absolute atomic E-state index is 0.0999. The molecule has 3 heteroatoms. The summed E-state index contributed by atoms with van der Waals surface area (Å²) in [7, 11) is 0. The molecule has 1 aliphatic carbocycles. The van der Waals surface area contributed by atoms with E-state index in [1.807, 2.05) is 0 Å². The van der Waals surface area contributed by atoms with Crippen LogP contribution in [0, 0.1) is 0 Å². The van der Waals surface area contributed by atoms with Gasteiger partial charge in [0.25, 0.3) is 0 Å². The second-order valence-corrected chi connectivity index (χ2v) is 5.89. The van der Waals surface area contributed by atoms with Gasteiger partial charge in [-0.05, 0) is 19.3 Å². The van der Waals surface area contributed by atoms with Gasteiger partial charge in [-0.1, -0.05) is 48.0 Å². The molecule has 1 unspecified atom stereocenters. The molecule has 0 radical (unpaired) electrons. The Morgan fingerprint density at radius 2 is 1.60 bits per heavy atom. The molecular weight excluding hydrogens is 254 g/mol. The molecule has 1 saturated carbocycles. The van der Waals surface area contributed by atoms with Crippen molar-refractivity contribution in [1.82, 2.24) is 4.90 Å². The lowest BCUT2D eigenvalue weighted by atomic mass is 9.96. The molecule has 0 spiro atoms. The number of carbonyl (C=O) groups excluding carboxylic acids is 1. The summed E-state index contributed by atoms with van der Waals surface area (Å²) in [6.45, 7) is 0.972. The maximum absolute atomic E-state index is 11.9. The molecular formula is C12H20BrNO. The third kappa shape index (κ3) is 2.74. The zero-order valence-electron chi connectivity index (χ0n) is 9.25. The molecule has 2 aliphatic rings. The monoisotopic (exact) mass is 273 g/mol. The van der Waals surface area contributed by atoms with E-state index in [4.69, 9.17) is 0 Å². The number of halogens is 1. The average molecular weight is 274 g/mol. The van der Waals surface area contributed by atoms with Crippen LogP contribution >= 0.6 is 15.9 Å². The van der Waals surface area contributed by atoms with Crippen molar-refractivity contribution in [2.45, 2.75) is 62.2 Å². The molecule has 2 rings (SSSR count). The molecule has 1 amide bonds. The van der Waals surface area contributed by atoms with Crippen LogP contribution in [0.15, 0.2) is 0 Å². The van der Waals surface area contributed by atoms with Gasteiger partial charge in [0.05, 0.1) is 4.83 Å². The van der Waals surface area contributed by atoms with E-state index in [-0.39, 0.29) is 4.83 Å². The van der Waals surface area contributed by atoms with Crippen molar-refractivity contribution in [2.24, 2.45) is 0 Å². The first-order valence-electron chi connectivity index (χ1n) is 6.23. The highest BCUT2D eigenvalue weighted by Crippen LogP contribution is 2.27. The van der Waals surface area contributed by atoms with Gasteiger partial charge in [0, 0.05) is 12.6 Å². The van der Waals surface area contributed by atoms with E-state index in [9.17, 15) is 4.79 Å². The Bertz CT molecular complexity index is 224. The summed E-state index contributed by atoms with van der Waals surface area (Å²) in [5, 5.41) is 0. The first kappa shape index (κ1) is 11.4. The molecule has 0 bridgehead atoms. The van der Waals surface area contributed by atoms with E-state index >= 15 is 0 Å². The Balaban J connectivity index is 1.93. The molecule has 1 aliphatic heterocycles. The second-order valence-electron chi connectivity index (χ2n) is 4.79. The lowest BCUT2D eigenvalue weighted by Gasteiger charge is -2.29. The van der Waals surface area contributed by atoms with Crippen molar-refractivity contribution in [3.05, 3.63) is 0 Å². The Morgan fingerprint density at radius 3 is 2.13 bits per heavy atom. The van der Waals surface area contributed by atoms with E-state index in [2.05, 4.69) is 20.8 Å². The molecule has 0 aromatic heterocycles. The maximum atomic E-state index is 11.9. The summed E-state index contributed by atoms with van der Waals surface area (Å²) in [5.41, 5.74) is 0. The lowest BCUT2D eigenvalue weighted by Crippen LogP contribution is -2.38. The van der Waals surface area contributed by atoms with Gasteiger partial charge >= 0.3 is 0 Å². The smallest absolute Gasteiger partial charge is 0.236 e. The molecule has 1 heterocycles. The number of hydrogen-bond donors (Lipinski definition) is 0. The first-order valence-corrected chi connectivity index (χ1v) is 7.15. The Hall–Kier alpha value is -0.0500. The third-order valence-corrected chi connectivity index (χ3v) is 4.54. The van der Waals surface area contributed by atoms with E-state index in [0.29, 0.717) is 11.9 Å². The Morgan fingerprint density at radius 1 is 1.00 bits per heavy atom. The number of likely N-dealkylation sites (tertiary alicyclic amines) is 1. The lowest BCUT2D eigenvalue weighted by molar-refractivity contribution is -0.129. The largest absolute Gasteiger partial charge is 0.339 e. The summed E-state index contributed by atoms with van der Waals surface area (Å²) in [6, 6.07) is 0.542. The third-order valence-electron chi connectivity index (χ3n) is 3.69. The Labute approximate surface area is 101 Å². The predicted molar refractivity (Wildman–Crippen MR) is 65.2 cm³/mol. The summed E-state index contributed by atoms with van der Waals surface area (Å²) >= 11 is 3.45. The van der Waals surface area contributed by atoms with Gasteiger partial charge in [-0.15, -0.1) is 0 Å². The van der Waals surface area contributed by atoms with E-state index in [1.165, 1.54) is 44.9 Å². The fraction of sp³-hybridized carbons (Fsp3) is 0.917. The standard InChI is InChI=1S/C12H20BrNO/c13-11-8-9-14(12(11)15)10-6-4-2-1-3-5-7-10/h10-11H,1-9H2. The summed E-state index contributed by atoms with van der Waals surface area (Å²) in [6.07, 6.45) is 10.2. The van der Waals surface area contributed by atoms with Crippen LogP contribution in [0.5, 0.6) is 0 Å². The van der Waals surface area contributed by atoms with E-state index < -0.39 is 0 Å². The molecule has 0 aromatic carbocycles. The van der Waals surface area contributed by atoms with Crippen molar-refractivity contribution < 1.29 is 4.79 Å². The first-order chi connectivity index (χ1) is 7.29. The van der Waals surface area contributed by atoms with Crippen molar-refractivity contribution >= 4 is 21.8 Å². The fourth-order valence-electron chi connectivity index (χ4n) is 2.77. The van der Waals surface area contributed by atoms with Crippen LogP contribution in [0.3, 0.4) is 0 Å². The van der Waals surface area contributed by atoms with Crippen molar-refractivity contribution in [2.75, 3.05) is 6.54 Å². The molecule has 1 saturated heterocycles. The quantitative estimate of drug-likeness (QED) is 0.673. The van der Waals surface area contributed by atoms with Gasteiger partial charge in [-0.2, -0.15) is 0 Å². The van der Waals surface area contributed by atoms with Gasteiger partial charge in [-0.3, -0.25) is 4.79 Å². The van der Waals surface area contributed by atoms with Gasteiger partial charge in [0.15, 0.2) is 0 Å². The number of alkyl halides is 1. The number of hydrogen-bond acceptors (Lipinski definition) is 1. The van der Waals surface area contributed by atoms with Crippen LogP contribution < -0.4 is 0 Å². The summed E-state index contributed by atoms with van der Waals surface area (Å²) in [5.74, 6) is 0.334. The zero-order valence-corrected chi connectivity index (χ0v) is 10.8. The highest BCUT2D eigenvalue weighted by atomic mass is 79.9. The van der Waals surface area contributed by atoms with Gasteiger partial charge in [0.2, 0.25) is 5.91 Å². The molecule has 86 valence electrons. The topological polar surface area (TPSA) is 20.3 Å². The normalized spacial score (nSPS) is 30.3. The van der Waals surface area contributed by atoms with Gasteiger partial charge in [0.1, 0.15) is 0 Å². The summed E-state index contributed by atoms with van der Waals surface area (Å²) < 4.78 is 0. The molecule has 15 heavy (non-hydrogen) atoms. The Kier molecular flexibility index (Phi) is 4.06. The van der Waals surface area contributed by atoms with Gasteiger partial charge < -0.3 is 4.90 Å². The second kappa shape index (κ2) is 5.33. The molecule has 2 nitrogen and oxygen atoms in total. The van der Waals surface area contributed by atoms with Crippen LogP contribution in [-0.2, 0) is 4.79 Å². The molecule has 0 N–H and O–H groups in total. The van der Waals surface area contributed by atoms with Crippen LogP contribution in [-0.4, -0.2) is 28.2 Å². The number of amides is 1. The molecule has 1 atom stereocenters. The van der Waals surface area contributed by atoms with Crippen LogP contribution in [0.1, 0.15) is 51.4 Å². The molecule has 0 aromatic rings. The van der Waals surface area contributed by atoms with E-state index in [0.717, 1.165) is 13.0 Å². The van der Waals surface area contributed by atoms with Crippen molar-refractivity contribution in [1.29, 1.82) is 0 Å². The fourth-order valence-corrected chi connectivity index (χ4v) is 3.24. The minimum atomic E-state index is 0.0999. The molecule has 2 fully saturated rings. The van der Waals surface area contributed by atoms with E-state index in [1.54, 1.807) is 0 Å². The van der Waals surface area contributed by atoms with Crippen molar-refractivity contribution in [3.63, 3.8) is 0 Å². The average Bonchev–Trinajstić information content (AvgIpc) is 2.48. The van der Waals surface area contributed by atoms with Crippen molar-refractivity contribution in [3.8, 4) is 0 Å². The minimum Gasteiger partial charge on any atom is -0.339 e. The SMILES string of the molecule is O=C1C(Br)CCN1C1CCCCCCC1. The van der Waals surface area contributed by atoms with Gasteiger partial charge in [-0.25, -0.2) is 0 Å². The number of nitrogens with zero attached hydrogens (tertiary/aromatic N) is 1. The number of rotatable bonds is 1. The maximum Gasteiger partial charge on any atom is 0.236 e. The summed E-state index contributed by atoms with van der Waals surface area (Å²) in [4.78, 5) is 14.1. The zero-order chi connectivity index (χ0) is 10.7. The number of carbonyl (C=O) groups is 1. The highest BCUT2D eigenvalue weighted by Gasteiger charge is 2.33. The predicted octanol–water partition coefficient (Wildman–Crippen LogP) is 3.10. The highest BCUT2D eigenvalue weighted by molar-refractivity contribution is 9.10. The van der Waals surface area contributed by atoms with Crippen LogP contribution in [0.25, 0.3) is 0 Å². The van der Waals surface area contributed by atoms with Crippen LogP contribution in [0.4, 0.5) is 0 Å².